The lowest BCUT2D eigenvalue weighted by atomic mass is 9.77. The van der Waals surface area contributed by atoms with E-state index in [1.807, 2.05) is 37.3 Å². The van der Waals surface area contributed by atoms with Crippen molar-refractivity contribution in [3.05, 3.63) is 117 Å². The van der Waals surface area contributed by atoms with Gasteiger partial charge in [0.15, 0.2) is 0 Å². The summed E-state index contributed by atoms with van der Waals surface area (Å²) in [5.41, 5.74) is 7.13. The van der Waals surface area contributed by atoms with E-state index >= 15 is 0 Å². The fourth-order valence-electron chi connectivity index (χ4n) is 4.85. The molecule has 7 heteroatoms. The molecule has 3 aromatic rings. The molecule has 1 atom stereocenters. The van der Waals surface area contributed by atoms with Crippen LogP contribution in [0.2, 0.25) is 0 Å². The summed E-state index contributed by atoms with van der Waals surface area (Å²) in [6.45, 7) is 3.07. The summed E-state index contributed by atoms with van der Waals surface area (Å²) in [5.74, 6) is 5.81. The van der Waals surface area contributed by atoms with E-state index in [-0.39, 0.29) is 18.4 Å². The molecule has 5 rings (SSSR count). The van der Waals surface area contributed by atoms with Crippen LogP contribution in [0.1, 0.15) is 62.0 Å². The smallest absolute Gasteiger partial charge is 0.251 e. The fourth-order valence-corrected chi connectivity index (χ4v) is 4.85. The highest BCUT2D eigenvalue weighted by molar-refractivity contribution is 5.95. The van der Waals surface area contributed by atoms with Gasteiger partial charge in [0.05, 0.1) is 30.3 Å². The van der Waals surface area contributed by atoms with E-state index in [0.29, 0.717) is 42.0 Å². The van der Waals surface area contributed by atoms with E-state index in [0.717, 1.165) is 23.1 Å². The first-order valence-electron chi connectivity index (χ1n) is 13.1. The largest absolute Gasteiger partial charge is 0.383 e. The van der Waals surface area contributed by atoms with Crippen molar-refractivity contribution in [1.29, 1.82) is 5.26 Å². The molecule has 2 aliphatic carbocycles. The van der Waals surface area contributed by atoms with Gasteiger partial charge in [-0.05, 0) is 73.4 Å². The Balaban J connectivity index is 1.24. The zero-order chi connectivity index (χ0) is 28.1. The minimum atomic E-state index is -0.655. The molecule has 0 unspecified atom stereocenters. The molecule has 2 amide bonds. The Kier molecular flexibility index (Phi) is 7.77. The number of hydrogen-bond acceptors (Lipinski definition) is 5. The molecule has 0 saturated heterocycles. The molecule has 0 fully saturated rings. The van der Waals surface area contributed by atoms with Gasteiger partial charge in [0.2, 0.25) is 0 Å². The molecule has 0 bridgehead atoms. The number of methoxy groups -OCH3 is 1. The SMILES string of the molecule is COCCNC(=O)c1cccc(C#Cc2ccnc(CNC(=O)c3ccc4c(c3)[C@](C)(C#N)CC3=C([CH]3)C4)c2)c1. The van der Waals surface area contributed by atoms with Crippen molar-refractivity contribution < 1.29 is 14.3 Å². The van der Waals surface area contributed by atoms with Gasteiger partial charge in [-0.1, -0.05) is 35.1 Å². The summed E-state index contributed by atoms with van der Waals surface area (Å²) in [4.78, 5) is 29.7. The molecular weight excluding hydrogens is 500 g/mol. The van der Waals surface area contributed by atoms with Crippen molar-refractivity contribution >= 4 is 11.8 Å². The Morgan fingerprint density at radius 3 is 2.58 bits per heavy atom. The topological polar surface area (TPSA) is 104 Å². The molecule has 1 radical (unpaired) electrons. The summed E-state index contributed by atoms with van der Waals surface area (Å²) in [5, 5.41) is 15.7. The van der Waals surface area contributed by atoms with Crippen molar-refractivity contribution in [1.82, 2.24) is 15.6 Å². The highest BCUT2D eigenvalue weighted by Gasteiger charge is 2.39. The molecule has 0 saturated carbocycles. The number of fused-ring (bicyclic) bond motifs is 1. The standard InChI is InChI=1S/C33H29N4O3/c1-33(21-34)19-28-17-27(28)16-24-8-9-26(18-30(24)33)32(39)37-20-29-15-23(10-11-35-29)7-6-22-4-3-5-25(14-22)31(38)36-12-13-40-2/h3-5,8-11,14-15,17-18H,12-13,16,19-20H2,1-2H3,(H,36,38)(H,37,39)/t33-/m0/s1. The van der Waals surface area contributed by atoms with Gasteiger partial charge in [-0.2, -0.15) is 5.26 Å². The zero-order valence-electron chi connectivity index (χ0n) is 22.5. The van der Waals surface area contributed by atoms with Crippen molar-refractivity contribution in [3.63, 3.8) is 0 Å². The van der Waals surface area contributed by atoms with Crippen LogP contribution in [-0.4, -0.2) is 37.1 Å². The number of benzene rings is 2. The number of rotatable bonds is 7. The number of nitriles is 1. The van der Waals surface area contributed by atoms with E-state index in [9.17, 15) is 14.9 Å². The number of pyridine rings is 1. The monoisotopic (exact) mass is 529 g/mol. The van der Waals surface area contributed by atoms with Gasteiger partial charge < -0.3 is 15.4 Å². The van der Waals surface area contributed by atoms with E-state index in [1.165, 1.54) is 11.1 Å². The number of carbonyl (C=O) groups is 2. The Morgan fingerprint density at radius 1 is 1.00 bits per heavy atom. The van der Waals surface area contributed by atoms with E-state index in [4.69, 9.17) is 4.74 Å². The maximum atomic E-state index is 13.0. The molecule has 199 valence electrons. The molecule has 40 heavy (non-hydrogen) atoms. The Morgan fingerprint density at radius 2 is 1.77 bits per heavy atom. The van der Waals surface area contributed by atoms with Gasteiger partial charge in [0.25, 0.3) is 11.8 Å². The van der Waals surface area contributed by atoms with Crippen LogP contribution < -0.4 is 10.6 Å². The average molecular weight is 530 g/mol. The number of nitrogens with one attached hydrogen (secondary N) is 2. The van der Waals surface area contributed by atoms with Crippen LogP contribution in [0.25, 0.3) is 0 Å². The van der Waals surface area contributed by atoms with Crippen LogP contribution in [0.3, 0.4) is 0 Å². The second-order valence-corrected chi connectivity index (χ2v) is 10.2. The molecule has 7 nitrogen and oxygen atoms in total. The lowest BCUT2D eigenvalue weighted by Crippen LogP contribution is -2.26. The number of carbonyl (C=O) groups excluding carboxylic acids is 2. The van der Waals surface area contributed by atoms with Crippen molar-refractivity contribution in [2.75, 3.05) is 20.3 Å². The molecule has 1 aromatic heterocycles. The average Bonchev–Trinajstić information content (AvgIpc) is 3.72. The van der Waals surface area contributed by atoms with Crippen molar-refractivity contribution in [2.45, 2.75) is 31.7 Å². The molecule has 2 N–H and O–H groups in total. The molecule has 1 heterocycles. The predicted molar refractivity (Wildman–Crippen MR) is 151 cm³/mol. The van der Waals surface area contributed by atoms with Crippen LogP contribution in [0.4, 0.5) is 0 Å². The van der Waals surface area contributed by atoms with Gasteiger partial charge in [-0.3, -0.25) is 14.6 Å². The van der Waals surface area contributed by atoms with Crippen LogP contribution >= 0.6 is 0 Å². The molecule has 2 aliphatic rings. The third kappa shape index (κ3) is 6.12. The van der Waals surface area contributed by atoms with E-state index < -0.39 is 5.41 Å². The number of allylic oxidation sites excluding steroid dienone is 2. The molecule has 0 spiro atoms. The van der Waals surface area contributed by atoms with Crippen LogP contribution in [-0.2, 0) is 23.1 Å². The normalized spacial score (nSPS) is 16.8. The minimum Gasteiger partial charge on any atom is -0.383 e. The number of aromatic nitrogens is 1. The Labute approximate surface area is 234 Å². The van der Waals surface area contributed by atoms with Crippen molar-refractivity contribution in [3.8, 4) is 17.9 Å². The molecule has 2 aromatic carbocycles. The van der Waals surface area contributed by atoms with E-state index in [2.05, 4.69) is 39.9 Å². The first kappa shape index (κ1) is 26.9. The number of amides is 2. The summed E-state index contributed by atoms with van der Waals surface area (Å²) in [6, 6.07) is 18.9. The predicted octanol–water partition coefficient (Wildman–Crippen LogP) is 4.03. The molecule has 0 aliphatic heterocycles. The maximum absolute atomic E-state index is 13.0. The second kappa shape index (κ2) is 11.6. The van der Waals surface area contributed by atoms with Crippen LogP contribution in [0, 0.1) is 29.6 Å². The zero-order valence-corrected chi connectivity index (χ0v) is 22.5. The van der Waals surface area contributed by atoms with Crippen LogP contribution in [0.15, 0.2) is 71.9 Å². The summed E-state index contributed by atoms with van der Waals surface area (Å²) < 4.78 is 4.96. The van der Waals surface area contributed by atoms with Gasteiger partial charge in [-0.25, -0.2) is 0 Å². The summed E-state index contributed by atoms with van der Waals surface area (Å²) in [7, 11) is 1.59. The number of hydrogen-bond donors (Lipinski definition) is 2. The van der Waals surface area contributed by atoms with Crippen LogP contribution in [0.5, 0.6) is 0 Å². The van der Waals surface area contributed by atoms with Gasteiger partial charge in [-0.15, -0.1) is 0 Å². The van der Waals surface area contributed by atoms with Gasteiger partial charge >= 0.3 is 0 Å². The minimum absolute atomic E-state index is 0.178. The highest BCUT2D eigenvalue weighted by atomic mass is 16.5. The lowest BCUT2D eigenvalue weighted by Gasteiger charge is -2.24. The first-order valence-corrected chi connectivity index (χ1v) is 13.1. The Bertz CT molecular complexity index is 1620. The van der Waals surface area contributed by atoms with Crippen molar-refractivity contribution in [2.24, 2.45) is 0 Å². The highest BCUT2D eigenvalue weighted by Crippen LogP contribution is 2.47. The van der Waals surface area contributed by atoms with Gasteiger partial charge in [0.1, 0.15) is 0 Å². The summed E-state index contributed by atoms with van der Waals surface area (Å²) in [6.07, 6.45) is 5.31. The van der Waals surface area contributed by atoms with Gasteiger partial charge in [0, 0.05) is 48.5 Å². The quantitative estimate of drug-likeness (QED) is 0.355. The number of ether oxygens (including phenoxy) is 1. The Hall–Kier alpha value is -4.72. The second-order valence-electron chi connectivity index (χ2n) is 10.2. The fraction of sp³-hybridized carbons (Fsp3) is 0.242. The molecular formula is C33H29N4O3. The van der Waals surface area contributed by atoms with E-state index in [1.54, 1.807) is 37.6 Å². The lowest BCUT2D eigenvalue weighted by molar-refractivity contribution is 0.0933. The summed E-state index contributed by atoms with van der Waals surface area (Å²) >= 11 is 0. The maximum Gasteiger partial charge on any atom is 0.251 e. The third-order valence-electron chi connectivity index (χ3n) is 7.13. The number of nitrogens with zero attached hydrogens (tertiary/aromatic N) is 2. The first-order chi connectivity index (χ1) is 19.4. The third-order valence-corrected chi connectivity index (χ3v) is 7.13.